The number of nitrogens with two attached hydrogens (primary N) is 2. The predicted molar refractivity (Wildman–Crippen MR) is 71.7 cm³/mol. The molecule has 0 aliphatic carbocycles. The van der Waals surface area contributed by atoms with Gasteiger partial charge in [-0.1, -0.05) is 18.2 Å². The highest BCUT2D eigenvalue weighted by Crippen LogP contribution is 2.07. The first-order valence-corrected chi connectivity index (χ1v) is 5.89. The fraction of sp³-hybridized carbons (Fsp3) is 0.385. The van der Waals surface area contributed by atoms with Crippen molar-refractivity contribution in [2.45, 2.75) is 25.8 Å². The van der Waals surface area contributed by atoms with Crippen LogP contribution in [0.2, 0.25) is 0 Å². The van der Waals surface area contributed by atoms with Gasteiger partial charge in [0.25, 0.3) is 0 Å². The van der Waals surface area contributed by atoms with Gasteiger partial charge in [-0.3, -0.25) is 9.59 Å². The molecule has 19 heavy (non-hydrogen) atoms. The van der Waals surface area contributed by atoms with Crippen molar-refractivity contribution in [1.29, 1.82) is 0 Å². The molecule has 1 atom stereocenters. The average Bonchev–Trinajstić information content (AvgIpc) is 2.37. The summed E-state index contributed by atoms with van der Waals surface area (Å²) in [6.07, 6.45) is 1.14. The molecule has 0 bridgehead atoms. The topological polar surface area (TPSA) is 116 Å². The number of carbonyl (C=O) groups is 2. The Kier molecular flexibility index (Phi) is 9.03. The minimum Gasteiger partial charge on any atom is -0.480 e. The van der Waals surface area contributed by atoms with Gasteiger partial charge in [0, 0.05) is 6.92 Å². The second kappa shape index (κ2) is 10.0. The summed E-state index contributed by atoms with van der Waals surface area (Å²) < 4.78 is 4.78. The van der Waals surface area contributed by atoms with Crippen molar-refractivity contribution in [1.82, 2.24) is 0 Å². The van der Waals surface area contributed by atoms with Crippen LogP contribution in [0.15, 0.2) is 30.3 Å². The third-order valence-electron chi connectivity index (χ3n) is 2.04. The highest BCUT2D eigenvalue weighted by atomic mass is 16.5. The van der Waals surface area contributed by atoms with Gasteiger partial charge in [0.2, 0.25) is 0 Å². The van der Waals surface area contributed by atoms with Gasteiger partial charge in [0.15, 0.2) is 0 Å². The molecule has 0 spiro atoms. The van der Waals surface area contributed by atoms with Crippen molar-refractivity contribution in [2.75, 3.05) is 6.54 Å². The van der Waals surface area contributed by atoms with Crippen LogP contribution in [-0.4, -0.2) is 29.6 Å². The van der Waals surface area contributed by atoms with Crippen molar-refractivity contribution >= 4 is 11.9 Å². The van der Waals surface area contributed by atoms with E-state index in [1.807, 2.05) is 18.2 Å². The zero-order valence-corrected chi connectivity index (χ0v) is 10.9. The molecule has 0 fully saturated rings. The number of benzene rings is 1. The SMILES string of the molecule is CC(=O)Oc1ccccc1.NCCC[C@H](N)C(=O)O. The van der Waals surface area contributed by atoms with Gasteiger partial charge in [-0.25, -0.2) is 0 Å². The molecule has 1 aromatic carbocycles. The van der Waals surface area contributed by atoms with Gasteiger partial charge in [-0.2, -0.15) is 0 Å². The van der Waals surface area contributed by atoms with Gasteiger partial charge >= 0.3 is 11.9 Å². The molecule has 0 aliphatic heterocycles. The fourth-order valence-electron chi connectivity index (χ4n) is 1.12. The van der Waals surface area contributed by atoms with E-state index in [1.54, 1.807) is 12.1 Å². The molecular formula is C13H20N2O4. The molecule has 0 aromatic heterocycles. The Morgan fingerprint density at radius 1 is 1.32 bits per heavy atom. The van der Waals surface area contributed by atoms with Crippen LogP contribution in [0.25, 0.3) is 0 Å². The molecular weight excluding hydrogens is 248 g/mol. The van der Waals surface area contributed by atoms with E-state index in [4.69, 9.17) is 21.3 Å². The summed E-state index contributed by atoms with van der Waals surface area (Å²) in [5, 5.41) is 8.24. The monoisotopic (exact) mass is 268 g/mol. The summed E-state index contributed by atoms with van der Waals surface area (Å²) in [4.78, 5) is 20.4. The van der Waals surface area contributed by atoms with Crippen LogP contribution in [-0.2, 0) is 9.59 Å². The second-order valence-electron chi connectivity index (χ2n) is 3.78. The first kappa shape index (κ1) is 17.1. The zero-order valence-electron chi connectivity index (χ0n) is 10.9. The summed E-state index contributed by atoms with van der Waals surface area (Å²) in [6.45, 7) is 1.88. The summed E-state index contributed by atoms with van der Waals surface area (Å²) in [5.74, 6) is -0.648. The van der Waals surface area contributed by atoms with Gasteiger partial charge < -0.3 is 21.3 Å². The van der Waals surface area contributed by atoms with Gasteiger partial charge in [0.1, 0.15) is 11.8 Å². The van der Waals surface area contributed by atoms with Crippen LogP contribution in [0.1, 0.15) is 19.8 Å². The van der Waals surface area contributed by atoms with Crippen molar-refractivity contribution in [2.24, 2.45) is 11.5 Å². The lowest BCUT2D eigenvalue weighted by molar-refractivity contribution is -0.138. The quantitative estimate of drug-likeness (QED) is 0.536. The van der Waals surface area contributed by atoms with E-state index in [9.17, 15) is 9.59 Å². The van der Waals surface area contributed by atoms with E-state index >= 15 is 0 Å². The number of carboxylic acid groups (broad SMARTS) is 1. The molecule has 5 N–H and O–H groups in total. The molecule has 6 nitrogen and oxygen atoms in total. The Labute approximate surface area is 112 Å². The van der Waals surface area contributed by atoms with E-state index in [1.165, 1.54) is 6.92 Å². The molecule has 1 aromatic rings. The lowest BCUT2D eigenvalue weighted by atomic mass is 10.2. The maximum atomic E-state index is 10.4. The van der Waals surface area contributed by atoms with Crippen LogP contribution < -0.4 is 16.2 Å². The first-order valence-electron chi connectivity index (χ1n) is 5.89. The van der Waals surface area contributed by atoms with Gasteiger partial charge in [-0.05, 0) is 31.5 Å². The number of esters is 1. The molecule has 0 heterocycles. The van der Waals surface area contributed by atoms with Crippen LogP contribution >= 0.6 is 0 Å². The molecule has 6 heteroatoms. The smallest absolute Gasteiger partial charge is 0.320 e. The molecule has 0 aliphatic rings. The first-order chi connectivity index (χ1) is 8.97. The minimum absolute atomic E-state index is 0.286. The number of carboxylic acids is 1. The van der Waals surface area contributed by atoms with Crippen LogP contribution in [0.5, 0.6) is 5.75 Å². The van der Waals surface area contributed by atoms with E-state index in [0.29, 0.717) is 25.1 Å². The molecule has 1 rings (SSSR count). The van der Waals surface area contributed by atoms with E-state index in [-0.39, 0.29) is 5.97 Å². The van der Waals surface area contributed by atoms with Crippen molar-refractivity contribution in [3.63, 3.8) is 0 Å². The Morgan fingerprint density at radius 3 is 2.32 bits per heavy atom. The van der Waals surface area contributed by atoms with E-state index in [0.717, 1.165) is 0 Å². The summed E-state index contributed by atoms with van der Waals surface area (Å²) >= 11 is 0. The molecule has 0 amide bonds. The summed E-state index contributed by atoms with van der Waals surface area (Å²) in [7, 11) is 0. The third kappa shape index (κ3) is 9.75. The molecule has 0 unspecified atom stereocenters. The van der Waals surface area contributed by atoms with Crippen molar-refractivity contribution in [3.05, 3.63) is 30.3 Å². The molecule has 0 saturated heterocycles. The van der Waals surface area contributed by atoms with Crippen molar-refractivity contribution in [3.8, 4) is 5.75 Å². The van der Waals surface area contributed by atoms with Gasteiger partial charge in [-0.15, -0.1) is 0 Å². The molecule has 106 valence electrons. The third-order valence-corrected chi connectivity index (χ3v) is 2.04. The van der Waals surface area contributed by atoms with Crippen LogP contribution in [0.3, 0.4) is 0 Å². The highest BCUT2D eigenvalue weighted by Gasteiger charge is 2.08. The Bertz CT molecular complexity index is 381. The maximum Gasteiger partial charge on any atom is 0.320 e. The number of hydrogen-bond acceptors (Lipinski definition) is 5. The molecule has 0 saturated carbocycles. The number of rotatable bonds is 5. The lowest BCUT2D eigenvalue weighted by Crippen LogP contribution is -2.30. The second-order valence-corrected chi connectivity index (χ2v) is 3.78. The lowest BCUT2D eigenvalue weighted by Gasteiger charge is -2.02. The van der Waals surface area contributed by atoms with Crippen molar-refractivity contribution < 1.29 is 19.4 Å². The zero-order chi connectivity index (χ0) is 14.7. The average molecular weight is 268 g/mol. The Morgan fingerprint density at radius 2 is 1.89 bits per heavy atom. The van der Waals surface area contributed by atoms with E-state index in [2.05, 4.69) is 0 Å². The minimum atomic E-state index is -0.955. The standard InChI is InChI=1S/C8H8O2.C5H12N2O2/c1-7(9)10-8-5-3-2-4-6-8;6-3-1-2-4(7)5(8)9/h2-6H,1H3;4H,1-3,6-7H2,(H,8,9)/t;4-/m.0/s1. The number of carbonyl (C=O) groups excluding carboxylic acids is 1. The Balaban J connectivity index is 0.000000344. The largest absolute Gasteiger partial charge is 0.480 e. The van der Waals surface area contributed by atoms with Gasteiger partial charge in [0.05, 0.1) is 0 Å². The number of aliphatic carboxylic acids is 1. The predicted octanol–water partition coefficient (Wildman–Crippen LogP) is 0.749. The van der Waals surface area contributed by atoms with E-state index < -0.39 is 12.0 Å². The molecule has 0 radical (unpaired) electrons. The summed E-state index contributed by atoms with van der Waals surface area (Å²) in [5.41, 5.74) is 10.3. The number of hydrogen-bond donors (Lipinski definition) is 3. The fourth-order valence-corrected chi connectivity index (χ4v) is 1.12. The summed E-state index contributed by atoms with van der Waals surface area (Å²) in [6, 6.07) is 8.24. The normalized spacial score (nSPS) is 10.9. The Hall–Kier alpha value is -1.92. The number of ether oxygens (including phenoxy) is 1. The highest BCUT2D eigenvalue weighted by molar-refractivity contribution is 5.72. The maximum absolute atomic E-state index is 10.4. The van der Waals surface area contributed by atoms with Crippen LogP contribution in [0, 0.1) is 0 Å². The number of para-hydroxylation sites is 1. The van der Waals surface area contributed by atoms with Crippen LogP contribution in [0.4, 0.5) is 0 Å².